The second kappa shape index (κ2) is 7.44. The molecule has 0 saturated heterocycles. The minimum atomic E-state index is 0.0761. The summed E-state index contributed by atoms with van der Waals surface area (Å²) in [6.07, 6.45) is 1.67. The van der Waals surface area contributed by atoms with Gasteiger partial charge in [0, 0.05) is 19.3 Å². The van der Waals surface area contributed by atoms with Crippen molar-refractivity contribution >= 4 is 29.3 Å². The largest absolute Gasteiger partial charge is 0.338 e. The second-order valence-electron chi connectivity index (χ2n) is 3.94. The lowest BCUT2D eigenvalue weighted by atomic mass is 10.3. The fourth-order valence-corrected chi connectivity index (χ4v) is 2.47. The van der Waals surface area contributed by atoms with Crippen LogP contribution in [0.15, 0.2) is 35.5 Å². The van der Waals surface area contributed by atoms with E-state index in [1.807, 2.05) is 13.8 Å². The van der Waals surface area contributed by atoms with E-state index >= 15 is 0 Å². The van der Waals surface area contributed by atoms with Crippen molar-refractivity contribution in [1.29, 1.82) is 0 Å². The zero-order chi connectivity index (χ0) is 13.5. The van der Waals surface area contributed by atoms with Gasteiger partial charge in [-0.05, 0) is 26.0 Å². The van der Waals surface area contributed by atoms with E-state index in [0.717, 1.165) is 5.57 Å². The predicted molar refractivity (Wildman–Crippen MR) is 77.0 cm³/mol. The first kappa shape index (κ1) is 15.1. The number of likely N-dealkylation sites (N-methyl/N-ethyl adjacent to an activating group) is 1. The molecule has 1 amide bonds. The molecule has 1 rings (SSSR count). The standard InChI is InChI=1S/C13H17ClN2OS/c1-4-16(8-10(2)3)12(17)9-18-13-11(14)6-5-7-15-13/h5-7H,2,4,8-9H2,1,3H3. The summed E-state index contributed by atoms with van der Waals surface area (Å²) >= 11 is 7.35. The Morgan fingerprint density at radius 2 is 2.33 bits per heavy atom. The number of thioether (sulfide) groups is 1. The molecule has 5 heteroatoms. The number of nitrogens with zero attached hydrogens (tertiary/aromatic N) is 2. The van der Waals surface area contributed by atoms with Crippen LogP contribution in [0.1, 0.15) is 13.8 Å². The quantitative estimate of drug-likeness (QED) is 0.594. The molecule has 18 heavy (non-hydrogen) atoms. The Morgan fingerprint density at radius 1 is 1.61 bits per heavy atom. The smallest absolute Gasteiger partial charge is 0.233 e. The third-order valence-electron chi connectivity index (χ3n) is 2.25. The number of hydrogen-bond donors (Lipinski definition) is 0. The third kappa shape index (κ3) is 4.70. The molecule has 0 bridgehead atoms. The van der Waals surface area contributed by atoms with Crippen LogP contribution in [0.25, 0.3) is 0 Å². The van der Waals surface area contributed by atoms with E-state index in [-0.39, 0.29) is 5.91 Å². The maximum absolute atomic E-state index is 12.0. The van der Waals surface area contributed by atoms with Crippen molar-refractivity contribution in [2.45, 2.75) is 18.9 Å². The van der Waals surface area contributed by atoms with Gasteiger partial charge in [0.15, 0.2) is 0 Å². The Labute approximate surface area is 117 Å². The number of pyridine rings is 1. The molecular weight excluding hydrogens is 268 g/mol. The highest BCUT2D eigenvalue weighted by atomic mass is 35.5. The first-order valence-corrected chi connectivity index (χ1v) is 7.06. The van der Waals surface area contributed by atoms with Crippen molar-refractivity contribution in [1.82, 2.24) is 9.88 Å². The van der Waals surface area contributed by atoms with Gasteiger partial charge in [-0.3, -0.25) is 4.79 Å². The lowest BCUT2D eigenvalue weighted by Gasteiger charge is -2.20. The first-order valence-electron chi connectivity index (χ1n) is 5.70. The number of carbonyl (C=O) groups is 1. The molecule has 3 nitrogen and oxygen atoms in total. The summed E-state index contributed by atoms with van der Waals surface area (Å²) in [5.74, 6) is 0.421. The summed E-state index contributed by atoms with van der Waals surface area (Å²) in [5, 5.41) is 1.28. The van der Waals surface area contributed by atoms with Crippen molar-refractivity contribution in [3.05, 3.63) is 35.5 Å². The van der Waals surface area contributed by atoms with Gasteiger partial charge in [-0.25, -0.2) is 4.98 Å². The number of aromatic nitrogens is 1. The van der Waals surface area contributed by atoms with Crippen molar-refractivity contribution < 1.29 is 4.79 Å². The number of halogens is 1. The van der Waals surface area contributed by atoms with Crippen LogP contribution in [-0.2, 0) is 4.79 Å². The minimum absolute atomic E-state index is 0.0761. The van der Waals surface area contributed by atoms with Gasteiger partial charge < -0.3 is 4.90 Å². The normalized spacial score (nSPS) is 10.2. The monoisotopic (exact) mass is 284 g/mol. The Morgan fingerprint density at radius 3 is 2.89 bits per heavy atom. The topological polar surface area (TPSA) is 33.2 Å². The molecule has 0 aromatic carbocycles. The lowest BCUT2D eigenvalue weighted by Crippen LogP contribution is -2.33. The van der Waals surface area contributed by atoms with Crippen molar-refractivity contribution in [2.75, 3.05) is 18.8 Å². The maximum atomic E-state index is 12.0. The van der Waals surface area contributed by atoms with Crippen LogP contribution < -0.4 is 0 Å². The highest BCUT2D eigenvalue weighted by Gasteiger charge is 2.13. The van der Waals surface area contributed by atoms with Gasteiger partial charge in [-0.2, -0.15) is 0 Å². The fourth-order valence-electron chi connectivity index (χ4n) is 1.40. The molecule has 0 aliphatic rings. The molecule has 0 aliphatic carbocycles. The summed E-state index contributed by atoms with van der Waals surface area (Å²) < 4.78 is 0. The van der Waals surface area contributed by atoms with Gasteiger partial charge in [0.25, 0.3) is 0 Å². The van der Waals surface area contributed by atoms with Gasteiger partial charge in [0.1, 0.15) is 5.03 Å². The van der Waals surface area contributed by atoms with Crippen LogP contribution in [0.3, 0.4) is 0 Å². The van der Waals surface area contributed by atoms with Crippen molar-refractivity contribution in [2.24, 2.45) is 0 Å². The molecule has 0 saturated carbocycles. The van der Waals surface area contributed by atoms with E-state index in [2.05, 4.69) is 11.6 Å². The number of rotatable bonds is 6. The average molecular weight is 285 g/mol. The SMILES string of the molecule is C=C(C)CN(CC)C(=O)CSc1ncccc1Cl. The molecule has 0 spiro atoms. The molecular formula is C13H17ClN2OS. The van der Waals surface area contributed by atoms with Gasteiger partial charge >= 0.3 is 0 Å². The summed E-state index contributed by atoms with van der Waals surface area (Å²) in [6, 6.07) is 3.54. The lowest BCUT2D eigenvalue weighted by molar-refractivity contribution is -0.127. The molecule has 1 aromatic heterocycles. The molecule has 0 radical (unpaired) electrons. The van der Waals surface area contributed by atoms with Crippen molar-refractivity contribution in [3.8, 4) is 0 Å². The van der Waals surface area contributed by atoms with E-state index in [1.54, 1.807) is 23.2 Å². The van der Waals surface area contributed by atoms with Crippen molar-refractivity contribution in [3.63, 3.8) is 0 Å². The van der Waals surface area contributed by atoms with Crippen LogP contribution in [0, 0.1) is 0 Å². The molecule has 98 valence electrons. The van der Waals surface area contributed by atoms with Gasteiger partial charge in [-0.1, -0.05) is 35.5 Å². The minimum Gasteiger partial charge on any atom is -0.338 e. The van der Waals surface area contributed by atoms with Crippen LogP contribution in [0.5, 0.6) is 0 Å². The fraction of sp³-hybridized carbons (Fsp3) is 0.385. The van der Waals surface area contributed by atoms with Crippen LogP contribution in [0.2, 0.25) is 5.02 Å². The van der Waals surface area contributed by atoms with Gasteiger partial charge in [-0.15, -0.1) is 0 Å². The number of hydrogen-bond acceptors (Lipinski definition) is 3. The summed E-state index contributed by atoms with van der Waals surface area (Å²) in [7, 11) is 0. The zero-order valence-corrected chi connectivity index (χ0v) is 12.2. The summed E-state index contributed by atoms with van der Waals surface area (Å²) in [6.45, 7) is 8.98. The molecule has 0 unspecified atom stereocenters. The Bertz CT molecular complexity index is 437. The van der Waals surface area contributed by atoms with Gasteiger partial charge in [0.05, 0.1) is 10.8 Å². The number of carbonyl (C=O) groups excluding carboxylic acids is 1. The van der Waals surface area contributed by atoms with E-state index in [1.165, 1.54) is 11.8 Å². The molecule has 0 aliphatic heterocycles. The Balaban J connectivity index is 2.54. The van der Waals surface area contributed by atoms with E-state index < -0.39 is 0 Å². The highest BCUT2D eigenvalue weighted by Crippen LogP contribution is 2.24. The highest BCUT2D eigenvalue weighted by molar-refractivity contribution is 8.00. The third-order valence-corrected chi connectivity index (χ3v) is 3.66. The molecule has 0 fully saturated rings. The van der Waals surface area contributed by atoms with E-state index in [0.29, 0.717) is 28.9 Å². The first-order chi connectivity index (χ1) is 8.54. The molecule has 1 heterocycles. The number of amides is 1. The molecule has 1 aromatic rings. The van der Waals surface area contributed by atoms with E-state index in [9.17, 15) is 4.79 Å². The predicted octanol–water partition coefficient (Wildman–Crippen LogP) is 3.25. The van der Waals surface area contributed by atoms with Gasteiger partial charge in [0.2, 0.25) is 5.91 Å². The molecule has 0 N–H and O–H groups in total. The van der Waals surface area contributed by atoms with Crippen LogP contribution >= 0.6 is 23.4 Å². The van der Waals surface area contributed by atoms with E-state index in [4.69, 9.17) is 11.6 Å². The Kier molecular flexibility index (Phi) is 6.22. The summed E-state index contributed by atoms with van der Waals surface area (Å²) in [5.41, 5.74) is 0.978. The summed E-state index contributed by atoms with van der Waals surface area (Å²) in [4.78, 5) is 17.9. The average Bonchev–Trinajstić information content (AvgIpc) is 2.34. The van der Waals surface area contributed by atoms with Crippen LogP contribution in [-0.4, -0.2) is 34.6 Å². The Hall–Kier alpha value is -1.00. The second-order valence-corrected chi connectivity index (χ2v) is 5.32. The van der Waals surface area contributed by atoms with Crippen LogP contribution in [0.4, 0.5) is 0 Å². The molecule has 0 atom stereocenters. The maximum Gasteiger partial charge on any atom is 0.233 e. The zero-order valence-electron chi connectivity index (χ0n) is 10.6.